The minimum absolute atomic E-state index is 0.194. The molecule has 0 aliphatic carbocycles. The molecule has 5 heteroatoms. The summed E-state index contributed by atoms with van der Waals surface area (Å²) in [5.41, 5.74) is 2.76. The summed E-state index contributed by atoms with van der Waals surface area (Å²) in [4.78, 5) is 33.9. The summed E-state index contributed by atoms with van der Waals surface area (Å²) in [6.45, 7) is 0.259. The maximum atomic E-state index is 13.4. The van der Waals surface area contributed by atoms with E-state index in [4.69, 9.17) is 4.84 Å². The van der Waals surface area contributed by atoms with Gasteiger partial charge in [0.25, 0.3) is 5.91 Å². The molecule has 0 saturated carbocycles. The molecule has 3 aromatic rings. The Morgan fingerprint density at radius 3 is 2.06 bits per heavy atom. The van der Waals surface area contributed by atoms with Gasteiger partial charge in [-0.1, -0.05) is 91.0 Å². The molecule has 3 atom stereocenters. The highest BCUT2D eigenvalue weighted by atomic mass is 16.7. The van der Waals surface area contributed by atoms with E-state index in [1.54, 1.807) is 5.06 Å². The Morgan fingerprint density at radius 2 is 1.39 bits per heavy atom. The standard InChI is InChI=1S/C26H22N2O3/c29-25-23-22(17-16-19-10-4-1-5-11-19)28(21-14-8-3-9-15-21)31-24(23)26(30)27(25)18-20-12-6-2-7-13-20/h1-17,22-24H,18H2. The lowest BCUT2D eigenvalue weighted by molar-refractivity contribution is -0.143. The van der Waals surface area contributed by atoms with Crippen LogP contribution in [0.3, 0.4) is 0 Å². The van der Waals surface area contributed by atoms with Crippen molar-refractivity contribution in [2.45, 2.75) is 18.7 Å². The summed E-state index contributed by atoms with van der Waals surface area (Å²) in [7, 11) is 0. The Balaban J connectivity index is 1.47. The van der Waals surface area contributed by atoms with Crippen LogP contribution in [-0.2, 0) is 21.0 Å². The zero-order valence-electron chi connectivity index (χ0n) is 16.9. The van der Waals surface area contributed by atoms with E-state index in [1.807, 2.05) is 103 Å². The van der Waals surface area contributed by atoms with Crippen molar-refractivity contribution in [2.75, 3.05) is 5.06 Å². The van der Waals surface area contributed by atoms with E-state index in [2.05, 4.69) is 0 Å². The van der Waals surface area contributed by atoms with Crippen LogP contribution in [0.2, 0.25) is 0 Å². The van der Waals surface area contributed by atoms with Crippen LogP contribution < -0.4 is 5.06 Å². The number of hydroxylamine groups is 1. The van der Waals surface area contributed by atoms with Gasteiger partial charge in [-0.05, 0) is 23.3 Å². The number of carbonyl (C=O) groups excluding carboxylic acids is 2. The first-order chi connectivity index (χ1) is 15.2. The fourth-order valence-electron chi connectivity index (χ4n) is 4.20. The van der Waals surface area contributed by atoms with E-state index in [0.29, 0.717) is 0 Å². The molecule has 31 heavy (non-hydrogen) atoms. The van der Waals surface area contributed by atoms with Gasteiger partial charge in [0.1, 0.15) is 5.92 Å². The second-order valence-electron chi connectivity index (χ2n) is 7.72. The third-order valence-electron chi connectivity index (χ3n) is 5.73. The van der Waals surface area contributed by atoms with Gasteiger partial charge in [0.2, 0.25) is 5.91 Å². The second-order valence-corrected chi connectivity index (χ2v) is 7.72. The van der Waals surface area contributed by atoms with Crippen molar-refractivity contribution in [3.05, 3.63) is 108 Å². The average molecular weight is 410 g/mol. The van der Waals surface area contributed by atoms with Gasteiger partial charge in [0, 0.05) is 0 Å². The van der Waals surface area contributed by atoms with E-state index in [1.165, 1.54) is 4.90 Å². The van der Waals surface area contributed by atoms with Crippen molar-refractivity contribution in [3.63, 3.8) is 0 Å². The van der Waals surface area contributed by atoms with Gasteiger partial charge < -0.3 is 0 Å². The van der Waals surface area contributed by atoms with Crippen LogP contribution in [0.5, 0.6) is 0 Å². The largest absolute Gasteiger partial charge is 0.275 e. The lowest BCUT2D eigenvalue weighted by Crippen LogP contribution is -2.39. The highest BCUT2D eigenvalue weighted by Gasteiger charge is 2.58. The van der Waals surface area contributed by atoms with Crippen molar-refractivity contribution in [3.8, 4) is 0 Å². The number of anilines is 1. The molecular weight excluding hydrogens is 388 g/mol. The predicted molar refractivity (Wildman–Crippen MR) is 119 cm³/mol. The van der Waals surface area contributed by atoms with Crippen LogP contribution in [0.25, 0.3) is 6.08 Å². The molecule has 5 rings (SSSR count). The number of fused-ring (bicyclic) bond motifs is 1. The minimum Gasteiger partial charge on any atom is -0.275 e. The lowest BCUT2D eigenvalue weighted by Gasteiger charge is -2.26. The SMILES string of the molecule is O=C1C2ON(c3ccccc3)C(C=Cc3ccccc3)C2C(=O)N1Cc1ccccc1. The van der Waals surface area contributed by atoms with E-state index < -0.39 is 12.0 Å². The van der Waals surface area contributed by atoms with Crippen molar-refractivity contribution in [2.24, 2.45) is 5.92 Å². The Kier molecular flexibility index (Phi) is 5.10. The monoisotopic (exact) mass is 410 g/mol. The molecule has 2 saturated heterocycles. The third-order valence-corrected chi connectivity index (χ3v) is 5.73. The first-order valence-electron chi connectivity index (χ1n) is 10.4. The highest BCUT2D eigenvalue weighted by Crippen LogP contribution is 2.39. The van der Waals surface area contributed by atoms with Gasteiger partial charge >= 0.3 is 0 Å². The number of amides is 2. The van der Waals surface area contributed by atoms with E-state index in [0.717, 1.165) is 16.8 Å². The van der Waals surface area contributed by atoms with Gasteiger partial charge in [0.05, 0.1) is 18.3 Å². The molecule has 0 radical (unpaired) electrons. The number of imide groups is 1. The van der Waals surface area contributed by atoms with Gasteiger partial charge in [-0.3, -0.25) is 19.3 Å². The first-order valence-corrected chi connectivity index (χ1v) is 10.4. The number of benzene rings is 3. The molecule has 3 aromatic carbocycles. The van der Waals surface area contributed by atoms with Gasteiger partial charge in [0.15, 0.2) is 6.10 Å². The zero-order chi connectivity index (χ0) is 21.2. The average Bonchev–Trinajstić information content (AvgIpc) is 3.31. The summed E-state index contributed by atoms with van der Waals surface area (Å²) >= 11 is 0. The molecule has 2 amide bonds. The van der Waals surface area contributed by atoms with Crippen molar-refractivity contribution in [1.82, 2.24) is 4.90 Å². The smallest absolute Gasteiger partial charge is 0.262 e. The molecular formula is C26H22N2O3. The number of hydrogen-bond acceptors (Lipinski definition) is 4. The first kappa shape index (κ1) is 19.3. The molecule has 0 N–H and O–H groups in total. The van der Waals surface area contributed by atoms with E-state index in [-0.39, 0.29) is 24.4 Å². The van der Waals surface area contributed by atoms with Crippen molar-refractivity contribution >= 4 is 23.6 Å². The summed E-state index contributed by atoms with van der Waals surface area (Å²) in [5, 5.41) is 1.70. The number of nitrogens with zero attached hydrogens (tertiary/aromatic N) is 2. The number of hydrogen-bond donors (Lipinski definition) is 0. The van der Waals surface area contributed by atoms with Crippen LogP contribution in [0.4, 0.5) is 5.69 Å². The van der Waals surface area contributed by atoms with E-state index >= 15 is 0 Å². The summed E-state index contributed by atoms with van der Waals surface area (Å²) < 4.78 is 0. The maximum absolute atomic E-state index is 13.4. The maximum Gasteiger partial charge on any atom is 0.262 e. The molecule has 5 nitrogen and oxygen atoms in total. The topological polar surface area (TPSA) is 49.9 Å². The fraction of sp³-hybridized carbons (Fsp3) is 0.154. The molecule has 0 aromatic heterocycles. The summed E-state index contributed by atoms with van der Waals surface area (Å²) in [6.07, 6.45) is 3.12. The van der Waals surface area contributed by atoms with Crippen LogP contribution in [-0.4, -0.2) is 28.9 Å². The summed E-state index contributed by atoms with van der Waals surface area (Å²) in [6, 6.07) is 28.6. The zero-order valence-corrected chi connectivity index (χ0v) is 16.9. The van der Waals surface area contributed by atoms with Gasteiger partial charge in [-0.15, -0.1) is 0 Å². The Hall–Kier alpha value is -3.70. The van der Waals surface area contributed by atoms with E-state index in [9.17, 15) is 9.59 Å². The normalized spacial score (nSPS) is 23.0. The van der Waals surface area contributed by atoms with Crippen LogP contribution >= 0.6 is 0 Å². The van der Waals surface area contributed by atoms with Crippen LogP contribution in [0, 0.1) is 5.92 Å². The number of likely N-dealkylation sites (tertiary alicyclic amines) is 1. The molecule has 2 fully saturated rings. The number of para-hydroxylation sites is 1. The predicted octanol–water partition coefficient (Wildman–Crippen LogP) is 4.07. The second kappa shape index (κ2) is 8.20. The van der Waals surface area contributed by atoms with Gasteiger partial charge in [-0.2, -0.15) is 0 Å². The molecule has 2 heterocycles. The fourth-order valence-corrected chi connectivity index (χ4v) is 4.20. The molecule has 0 spiro atoms. The Bertz CT molecular complexity index is 1100. The lowest BCUT2D eigenvalue weighted by atomic mass is 9.95. The molecule has 2 aliphatic heterocycles. The minimum atomic E-state index is -0.818. The highest BCUT2D eigenvalue weighted by molar-refractivity contribution is 6.07. The van der Waals surface area contributed by atoms with Crippen LogP contribution in [0.15, 0.2) is 97.1 Å². The molecule has 154 valence electrons. The number of carbonyl (C=O) groups is 2. The summed E-state index contributed by atoms with van der Waals surface area (Å²) in [5.74, 6) is -1.06. The van der Waals surface area contributed by atoms with Crippen LogP contribution in [0.1, 0.15) is 11.1 Å². The molecule has 0 bridgehead atoms. The van der Waals surface area contributed by atoms with Gasteiger partial charge in [-0.25, -0.2) is 5.06 Å². The molecule has 3 unspecified atom stereocenters. The van der Waals surface area contributed by atoms with Crippen molar-refractivity contribution in [1.29, 1.82) is 0 Å². The third kappa shape index (κ3) is 3.64. The number of rotatable bonds is 5. The van der Waals surface area contributed by atoms with Crippen molar-refractivity contribution < 1.29 is 14.4 Å². The molecule has 2 aliphatic rings. The Labute approximate surface area is 181 Å². The Morgan fingerprint density at radius 1 is 0.774 bits per heavy atom. The quantitative estimate of drug-likeness (QED) is 0.595.